The van der Waals surface area contributed by atoms with Crippen LogP contribution < -0.4 is 5.32 Å². The molecule has 1 heterocycles. The first kappa shape index (κ1) is 11.9. The van der Waals surface area contributed by atoms with Crippen molar-refractivity contribution in [1.29, 1.82) is 0 Å². The largest absolute Gasteiger partial charge is 0.469 e. The SMILES string of the molecule is COC(=O)C1(C2CCCCC2)CCNCC1. The summed E-state index contributed by atoms with van der Waals surface area (Å²) in [5.74, 6) is 0.608. The molecule has 2 aliphatic rings. The third-order valence-corrected chi connectivity index (χ3v) is 4.47. The maximum absolute atomic E-state index is 12.1. The third kappa shape index (κ3) is 2.10. The fourth-order valence-corrected chi connectivity index (χ4v) is 3.51. The Balaban J connectivity index is 2.14. The van der Waals surface area contributed by atoms with Gasteiger partial charge in [0.25, 0.3) is 0 Å². The fourth-order valence-electron chi connectivity index (χ4n) is 3.51. The van der Waals surface area contributed by atoms with E-state index in [4.69, 9.17) is 4.74 Å². The van der Waals surface area contributed by atoms with Gasteiger partial charge in [-0.15, -0.1) is 0 Å². The van der Waals surface area contributed by atoms with Crippen LogP contribution in [0.15, 0.2) is 0 Å². The Morgan fingerprint density at radius 1 is 1.19 bits per heavy atom. The van der Waals surface area contributed by atoms with Gasteiger partial charge in [-0.05, 0) is 44.7 Å². The summed E-state index contributed by atoms with van der Waals surface area (Å²) in [7, 11) is 1.54. The number of ether oxygens (including phenoxy) is 1. The van der Waals surface area contributed by atoms with E-state index in [1.54, 1.807) is 0 Å². The molecule has 0 aromatic heterocycles. The molecule has 2 rings (SSSR count). The molecule has 0 radical (unpaired) electrons. The summed E-state index contributed by atoms with van der Waals surface area (Å²) in [5.41, 5.74) is -0.166. The standard InChI is InChI=1S/C13H23NO2/c1-16-12(15)13(7-9-14-10-8-13)11-5-3-2-4-6-11/h11,14H,2-10H2,1H3. The van der Waals surface area contributed by atoms with Crippen LogP contribution in [0.3, 0.4) is 0 Å². The smallest absolute Gasteiger partial charge is 0.312 e. The lowest BCUT2D eigenvalue weighted by molar-refractivity contribution is -0.160. The molecule has 1 aliphatic heterocycles. The number of carbonyl (C=O) groups is 1. The van der Waals surface area contributed by atoms with Gasteiger partial charge >= 0.3 is 5.97 Å². The Morgan fingerprint density at radius 2 is 1.81 bits per heavy atom. The zero-order chi connectivity index (χ0) is 11.4. The second-order valence-corrected chi connectivity index (χ2v) is 5.23. The Hall–Kier alpha value is -0.570. The van der Waals surface area contributed by atoms with Gasteiger partial charge in [-0.1, -0.05) is 19.3 Å². The number of piperidine rings is 1. The van der Waals surface area contributed by atoms with Crippen molar-refractivity contribution in [3.8, 4) is 0 Å². The van der Waals surface area contributed by atoms with E-state index in [-0.39, 0.29) is 11.4 Å². The maximum atomic E-state index is 12.1. The Bertz CT molecular complexity index is 240. The Labute approximate surface area is 97.9 Å². The zero-order valence-electron chi connectivity index (χ0n) is 10.3. The monoisotopic (exact) mass is 225 g/mol. The van der Waals surface area contributed by atoms with E-state index in [1.165, 1.54) is 39.2 Å². The van der Waals surface area contributed by atoms with Crippen molar-refractivity contribution in [2.24, 2.45) is 11.3 Å². The molecule has 2 fully saturated rings. The summed E-state index contributed by atoms with van der Waals surface area (Å²) < 4.78 is 5.08. The highest BCUT2D eigenvalue weighted by Gasteiger charge is 2.46. The maximum Gasteiger partial charge on any atom is 0.312 e. The quantitative estimate of drug-likeness (QED) is 0.731. The molecule has 0 aromatic carbocycles. The van der Waals surface area contributed by atoms with Gasteiger partial charge in [-0.3, -0.25) is 4.79 Å². The van der Waals surface area contributed by atoms with Crippen LogP contribution in [0, 0.1) is 11.3 Å². The van der Waals surface area contributed by atoms with Gasteiger partial charge < -0.3 is 10.1 Å². The predicted octanol–water partition coefficient (Wildman–Crippen LogP) is 2.11. The van der Waals surface area contributed by atoms with Crippen molar-refractivity contribution in [3.05, 3.63) is 0 Å². The average molecular weight is 225 g/mol. The summed E-state index contributed by atoms with van der Waals surface area (Å²) in [6, 6.07) is 0. The first-order chi connectivity index (χ1) is 7.79. The van der Waals surface area contributed by atoms with Crippen molar-refractivity contribution >= 4 is 5.97 Å². The van der Waals surface area contributed by atoms with Crippen LogP contribution in [0.1, 0.15) is 44.9 Å². The number of esters is 1. The van der Waals surface area contributed by atoms with Gasteiger partial charge in [0.15, 0.2) is 0 Å². The van der Waals surface area contributed by atoms with Crippen LogP contribution in [0.5, 0.6) is 0 Å². The minimum absolute atomic E-state index is 0.0425. The lowest BCUT2D eigenvalue weighted by Crippen LogP contribution is -2.48. The number of carbonyl (C=O) groups excluding carboxylic acids is 1. The van der Waals surface area contributed by atoms with Crippen molar-refractivity contribution in [1.82, 2.24) is 5.32 Å². The molecule has 0 unspecified atom stereocenters. The van der Waals surface area contributed by atoms with Crippen LogP contribution >= 0.6 is 0 Å². The summed E-state index contributed by atoms with van der Waals surface area (Å²) in [4.78, 5) is 12.1. The van der Waals surface area contributed by atoms with Gasteiger partial charge in [0, 0.05) is 0 Å². The van der Waals surface area contributed by atoms with E-state index in [2.05, 4.69) is 5.32 Å². The average Bonchev–Trinajstić information content (AvgIpc) is 2.39. The number of hydrogen-bond donors (Lipinski definition) is 1. The van der Waals surface area contributed by atoms with E-state index in [1.807, 2.05) is 0 Å². The van der Waals surface area contributed by atoms with Crippen LogP contribution in [0.25, 0.3) is 0 Å². The Morgan fingerprint density at radius 3 is 2.38 bits per heavy atom. The molecule has 1 saturated carbocycles. The van der Waals surface area contributed by atoms with E-state index in [0.29, 0.717) is 5.92 Å². The number of hydrogen-bond acceptors (Lipinski definition) is 3. The van der Waals surface area contributed by atoms with Crippen LogP contribution in [0.2, 0.25) is 0 Å². The van der Waals surface area contributed by atoms with Crippen LogP contribution in [0.4, 0.5) is 0 Å². The van der Waals surface area contributed by atoms with Crippen LogP contribution in [-0.4, -0.2) is 26.2 Å². The summed E-state index contributed by atoms with van der Waals surface area (Å²) >= 11 is 0. The Kier molecular flexibility index (Phi) is 3.85. The van der Waals surface area contributed by atoms with Crippen molar-refractivity contribution < 1.29 is 9.53 Å². The van der Waals surface area contributed by atoms with Crippen molar-refractivity contribution in [3.63, 3.8) is 0 Å². The molecule has 0 amide bonds. The van der Waals surface area contributed by atoms with Gasteiger partial charge in [0.05, 0.1) is 12.5 Å². The molecule has 0 atom stereocenters. The highest BCUT2D eigenvalue weighted by Crippen LogP contribution is 2.45. The third-order valence-electron chi connectivity index (χ3n) is 4.47. The summed E-state index contributed by atoms with van der Waals surface area (Å²) in [6.07, 6.45) is 8.28. The molecule has 1 saturated heterocycles. The van der Waals surface area contributed by atoms with Gasteiger partial charge in [0.2, 0.25) is 0 Å². The lowest BCUT2D eigenvalue weighted by atomic mass is 9.64. The minimum Gasteiger partial charge on any atom is -0.469 e. The van der Waals surface area contributed by atoms with Gasteiger partial charge in [-0.25, -0.2) is 0 Å². The zero-order valence-corrected chi connectivity index (χ0v) is 10.3. The second kappa shape index (κ2) is 5.17. The van der Waals surface area contributed by atoms with E-state index >= 15 is 0 Å². The number of methoxy groups -OCH3 is 1. The lowest BCUT2D eigenvalue weighted by Gasteiger charge is -2.43. The molecular weight excluding hydrogens is 202 g/mol. The fraction of sp³-hybridized carbons (Fsp3) is 0.923. The molecule has 0 spiro atoms. The van der Waals surface area contributed by atoms with Crippen LogP contribution in [-0.2, 0) is 9.53 Å². The molecule has 3 heteroatoms. The molecular formula is C13H23NO2. The highest BCUT2D eigenvalue weighted by atomic mass is 16.5. The first-order valence-electron chi connectivity index (χ1n) is 6.59. The predicted molar refractivity (Wildman–Crippen MR) is 63.1 cm³/mol. The first-order valence-corrected chi connectivity index (χ1v) is 6.59. The minimum atomic E-state index is -0.166. The number of nitrogens with one attached hydrogen (secondary N) is 1. The van der Waals surface area contributed by atoms with Crippen molar-refractivity contribution in [2.75, 3.05) is 20.2 Å². The number of rotatable bonds is 2. The molecule has 1 N–H and O–H groups in total. The second-order valence-electron chi connectivity index (χ2n) is 5.23. The summed E-state index contributed by atoms with van der Waals surface area (Å²) in [5, 5.41) is 3.35. The van der Waals surface area contributed by atoms with E-state index < -0.39 is 0 Å². The van der Waals surface area contributed by atoms with Gasteiger partial charge in [0.1, 0.15) is 0 Å². The molecule has 92 valence electrons. The highest BCUT2D eigenvalue weighted by molar-refractivity contribution is 5.77. The normalized spacial score (nSPS) is 26.3. The van der Waals surface area contributed by atoms with Gasteiger partial charge in [-0.2, -0.15) is 0 Å². The molecule has 1 aliphatic carbocycles. The molecule has 16 heavy (non-hydrogen) atoms. The van der Waals surface area contributed by atoms with E-state index in [9.17, 15) is 4.79 Å². The molecule has 0 bridgehead atoms. The molecule has 0 aromatic rings. The summed E-state index contributed by atoms with van der Waals surface area (Å²) in [6.45, 7) is 1.93. The van der Waals surface area contributed by atoms with E-state index in [0.717, 1.165) is 25.9 Å². The van der Waals surface area contributed by atoms with Crippen molar-refractivity contribution in [2.45, 2.75) is 44.9 Å². The topological polar surface area (TPSA) is 38.3 Å². The molecule has 3 nitrogen and oxygen atoms in total.